The summed E-state index contributed by atoms with van der Waals surface area (Å²) in [6, 6.07) is 14.4. The van der Waals surface area contributed by atoms with Gasteiger partial charge in [0.2, 0.25) is 0 Å². The molecule has 8 heteroatoms. The molecule has 0 unspecified atom stereocenters. The van der Waals surface area contributed by atoms with Gasteiger partial charge in [-0.3, -0.25) is 0 Å². The molecule has 0 amide bonds. The summed E-state index contributed by atoms with van der Waals surface area (Å²) in [4.78, 5) is 11.2. The van der Waals surface area contributed by atoms with E-state index in [1.54, 1.807) is 6.08 Å². The number of hydrogen-bond acceptors (Lipinski definition) is 2. The number of ether oxygens (including phenoxy) is 1. The summed E-state index contributed by atoms with van der Waals surface area (Å²) in [5, 5.41) is 9.16. The minimum atomic E-state index is -4.52. The van der Waals surface area contributed by atoms with Crippen LogP contribution in [0.5, 0.6) is 5.75 Å². The van der Waals surface area contributed by atoms with Crippen molar-refractivity contribution < 1.29 is 36.6 Å². The van der Waals surface area contributed by atoms with E-state index in [0.717, 1.165) is 54.7 Å². The molecule has 3 aromatic rings. The van der Waals surface area contributed by atoms with Crippen molar-refractivity contribution in [1.29, 1.82) is 0 Å². The molecular formula is C37H35F5O3. The topological polar surface area (TPSA) is 46.5 Å². The van der Waals surface area contributed by atoms with Crippen molar-refractivity contribution >= 4 is 11.5 Å². The Kier molecular flexibility index (Phi) is 8.59. The van der Waals surface area contributed by atoms with Gasteiger partial charge in [0, 0.05) is 17.7 Å². The number of aliphatic carboxylic acids is 1. The molecule has 7 rings (SSSR count). The van der Waals surface area contributed by atoms with Gasteiger partial charge in [-0.25, -0.2) is 13.6 Å². The predicted molar refractivity (Wildman–Crippen MR) is 161 cm³/mol. The molecule has 45 heavy (non-hydrogen) atoms. The second-order valence-electron chi connectivity index (χ2n) is 13.0. The first-order valence-corrected chi connectivity index (χ1v) is 15.5. The Balaban J connectivity index is 1.28. The maximum absolute atomic E-state index is 13.9. The molecule has 0 aliphatic heterocycles. The summed E-state index contributed by atoms with van der Waals surface area (Å²) in [6.07, 6.45) is 7.58. The highest BCUT2D eigenvalue weighted by molar-refractivity contribution is 5.85. The van der Waals surface area contributed by atoms with Gasteiger partial charge in [0.1, 0.15) is 24.0 Å². The number of carboxylic acid groups (broad SMARTS) is 1. The standard InChI is InChI=1S/C37H35F5O3/c38-31-14-27(15-32(39)18-31)22-45-34-16-23(7-9-33(34)36-19-24-11-25(20-36)13-26(12-24)21-36)3-1-4-28(8-10-35(43)44)29-5-2-6-30(17-29)37(40,41)42/h2,4-10,14-18,24-26H,1,3,11-13,19-22H2,(H,43,44)/b10-8?,28-4-. The number of allylic oxidation sites excluding steroid dienone is 3. The molecule has 1 N–H and O–H groups in total. The largest absolute Gasteiger partial charge is 0.489 e. The number of hydrogen-bond donors (Lipinski definition) is 1. The Bertz CT molecular complexity index is 1580. The van der Waals surface area contributed by atoms with Crippen LogP contribution >= 0.6 is 0 Å². The van der Waals surface area contributed by atoms with E-state index < -0.39 is 29.3 Å². The van der Waals surface area contributed by atoms with Crippen LogP contribution in [0.4, 0.5) is 22.0 Å². The lowest BCUT2D eigenvalue weighted by molar-refractivity contribution is -0.137. The van der Waals surface area contributed by atoms with Crippen molar-refractivity contribution in [2.24, 2.45) is 17.8 Å². The molecule has 0 spiro atoms. The van der Waals surface area contributed by atoms with Crippen LogP contribution in [0.2, 0.25) is 0 Å². The molecule has 4 aliphatic rings. The van der Waals surface area contributed by atoms with E-state index in [4.69, 9.17) is 9.84 Å². The van der Waals surface area contributed by atoms with Gasteiger partial charge in [0.05, 0.1) is 5.56 Å². The fourth-order valence-corrected chi connectivity index (χ4v) is 8.29. The summed E-state index contributed by atoms with van der Waals surface area (Å²) in [7, 11) is 0. The molecule has 4 bridgehead atoms. The Morgan fingerprint density at radius 1 is 0.867 bits per heavy atom. The average Bonchev–Trinajstić information content (AvgIpc) is 2.96. The zero-order valence-electron chi connectivity index (χ0n) is 24.8. The molecule has 3 nitrogen and oxygen atoms in total. The first kappa shape index (κ1) is 31.1. The lowest BCUT2D eigenvalue weighted by atomic mass is 9.48. The van der Waals surface area contributed by atoms with Gasteiger partial charge in [0.25, 0.3) is 0 Å². The minimum Gasteiger partial charge on any atom is -0.489 e. The molecule has 0 aromatic heterocycles. The number of alkyl halides is 3. The van der Waals surface area contributed by atoms with Crippen molar-refractivity contribution in [3.8, 4) is 5.75 Å². The van der Waals surface area contributed by atoms with Crippen LogP contribution in [0, 0.1) is 29.4 Å². The highest BCUT2D eigenvalue weighted by Gasteiger charge is 2.52. The SMILES string of the molecule is O=C(O)C=C/C(=C/CCc1ccc(C23CC4CC(CC(C4)C2)C3)c(OCc2cc(F)cc(F)c2)c1)c1cccc(C(F)(F)F)c1. The first-order valence-electron chi connectivity index (χ1n) is 15.5. The fourth-order valence-electron chi connectivity index (χ4n) is 8.29. The highest BCUT2D eigenvalue weighted by atomic mass is 19.4. The number of aryl methyl sites for hydroxylation is 1. The van der Waals surface area contributed by atoms with E-state index in [1.165, 1.54) is 49.6 Å². The zero-order chi connectivity index (χ0) is 31.8. The molecule has 236 valence electrons. The summed E-state index contributed by atoms with van der Waals surface area (Å²) >= 11 is 0. The Hall–Kier alpha value is -3.94. The van der Waals surface area contributed by atoms with Crippen LogP contribution in [0.3, 0.4) is 0 Å². The van der Waals surface area contributed by atoms with E-state index in [0.29, 0.717) is 47.5 Å². The van der Waals surface area contributed by atoms with Crippen molar-refractivity contribution in [3.05, 3.63) is 118 Å². The summed E-state index contributed by atoms with van der Waals surface area (Å²) in [5.41, 5.74) is 2.33. The maximum atomic E-state index is 13.9. The summed E-state index contributed by atoms with van der Waals surface area (Å²) in [5.74, 6) is 0.297. The molecule has 4 saturated carbocycles. The Morgan fingerprint density at radius 3 is 2.16 bits per heavy atom. The second-order valence-corrected chi connectivity index (χ2v) is 13.0. The highest BCUT2D eigenvalue weighted by Crippen LogP contribution is 2.62. The van der Waals surface area contributed by atoms with E-state index >= 15 is 0 Å². The van der Waals surface area contributed by atoms with Gasteiger partial charge in [-0.15, -0.1) is 0 Å². The second kappa shape index (κ2) is 12.5. The van der Waals surface area contributed by atoms with Crippen LogP contribution < -0.4 is 4.74 Å². The molecule has 4 fully saturated rings. The molecule has 0 atom stereocenters. The minimum absolute atomic E-state index is 0.0110. The quantitative estimate of drug-likeness (QED) is 0.139. The number of benzene rings is 3. The Labute approximate surface area is 259 Å². The average molecular weight is 623 g/mol. The van der Waals surface area contributed by atoms with E-state index in [1.807, 2.05) is 6.07 Å². The van der Waals surface area contributed by atoms with E-state index in [9.17, 15) is 26.7 Å². The molecule has 0 saturated heterocycles. The maximum Gasteiger partial charge on any atom is 0.416 e. The van der Waals surface area contributed by atoms with Crippen molar-refractivity contribution in [2.45, 2.75) is 69.6 Å². The molecule has 0 heterocycles. The van der Waals surface area contributed by atoms with Gasteiger partial charge < -0.3 is 9.84 Å². The number of carbonyl (C=O) groups is 1. The smallest absolute Gasteiger partial charge is 0.416 e. The molecule has 3 aromatic carbocycles. The number of carboxylic acids is 1. The predicted octanol–water partition coefficient (Wildman–Crippen LogP) is 9.69. The first-order chi connectivity index (χ1) is 21.5. The normalized spacial score (nSPS) is 24.4. The third-order valence-electron chi connectivity index (χ3n) is 9.70. The van der Waals surface area contributed by atoms with Gasteiger partial charge in [-0.1, -0.05) is 30.3 Å². The monoisotopic (exact) mass is 622 g/mol. The van der Waals surface area contributed by atoms with Crippen LogP contribution in [0.25, 0.3) is 5.57 Å². The van der Waals surface area contributed by atoms with Crippen LogP contribution in [0.15, 0.2) is 78.9 Å². The number of rotatable bonds is 10. The molecule has 0 radical (unpaired) electrons. The fraction of sp³-hybridized carbons (Fsp3) is 0.378. The number of halogens is 5. The van der Waals surface area contributed by atoms with Crippen LogP contribution in [-0.2, 0) is 29.4 Å². The van der Waals surface area contributed by atoms with Crippen LogP contribution in [0.1, 0.15) is 72.8 Å². The Morgan fingerprint density at radius 2 is 1.53 bits per heavy atom. The lowest BCUT2D eigenvalue weighted by Gasteiger charge is -2.57. The third kappa shape index (κ3) is 7.15. The van der Waals surface area contributed by atoms with Gasteiger partial charge in [0.15, 0.2) is 0 Å². The van der Waals surface area contributed by atoms with Crippen molar-refractivity contribution in [1.82, 2.24) is 0 Å². The lowest BCUT2D eigenvalue weighted by Crippen LogP contribution is -2.48. The van der Waals surface area contributed by atoms with E-state index in [2.05, 4.69) is 12.1 Å². The van der Waals surface area contributed by atoms with Gasteiger partial charge >= 0.3 is 12.1 Å². The third-order valence-corrected chi connectivity index (χ3v) is 9.70. The van der Waals surface area contributed by atoms with E-state index in [-0.39, 0.29) is 17.6 Å². The molecule has 4 aliphatic carbocycles. The van der Waals surface area contributed by atoms with Crippen molar-refractivity contribution in [3.63, 3.8) is 0 Å². The summed E-state index contributed by atoms with van der Waals surface area (Å²) < 4.78 is 74.2. The zero-order valence-corrected chi connectivity index (χ0v) is 24.8. The van der Waals surface area contributed by atoms with Gasteiger partial charge in [-0.2, -0.15) is 13.2 Å². The van der Waals surface area contributed by atoms with Crippen LogP contribution in [-0.4, -0.2) is 11.1 Å². The summed E-state index contributed by atoms with van der Waals surface area (Å²) in [6.45, 7) is 0.0110. The van der Waals surface area contributed by atoms with Crippen molar-refractivity contribution in [2.75, 3.05) is 0 Å². The molecular weight excluding hydrogens is 587 g/mol. The van der Waals surface area contributed by atoms with Gasteiger partial charge in [-0.05, 0) is 133 Å².